The van der Waals surface area contributed by atoms with Crippen LogP contribution < -0.4 is 15.0 Å². The Morgan fingerprint density at radius 2 is 1.88 bits per heavy atom. The summed E-state index contributed by atoms with van der Waals surface area (Å²) in [6.07, 6.45) is 7.44. The lowest BCUT2D eigenvalue weighted by Gasteiger charge is -2.32. The molecular formula is C30H37N7O4. The number of hydrogen-bond donors (Lipinski definition) is 1. The Balaban J connectivity index is 1.00. The topological polar surface area (TPSA) is 113 Å². The minimum Gasteiger partial charge on any atom is -0.493 e. The number of nitrogens with one attached hydrogen (secondary N) is 1. The van der Waals surface area contributed by atoms with Gasteiger partial charge in [0.2, 0.25) is 5.91 Å². The van der Waals surface area contributed by atoms with Gasteiger partial charge in [0.1, 0.15) is 17.9 Å². The molecule has 2 aromatic heterocycles. The third-order valence-corrected chi connectivity index (χ3v) is 8.15. The molecule has 0 aliphatic carbocycles. The van der Waals surface area contributed by atoms with Crippen molar-refractivity contribution in [2.24, 2.45) is 0 Å². The highest BCUT2D eigenvalue weighted by Crippen LogP contribution is 2.32. The molecular weight excluding hydrogens is 522 g/mol. The molecule has 3 aromatic rings. The third-order valence-electron chi connectivity index (χ3n) is 8.15. The van der Waals surface area contributed by atoms with Gasteiger partial charge in [0.05, 0.1) is 42.9 Å². The molecule has 1 aromatic carbocycles. The molecule has 11 nitrogen and oxygen atoms in total. The summed E-state index contributed by atoms with van der Waals surface area (Å²) in [5.74, 6) is 2.17. The lowest BCUT2D eigenvalue weighted by molar-refractivity contribution is -0.127. The maximum Gasteiger partial charge on any atom is 0.321 e. The molecule has 3 aliphatic heterocycles. The van der Waals surface area contributed by atoms with Gasteiger partial charge in [0, 0.05) is 63.1 Å². The normalized spacial score (nSPS) is 18.2. The number of rotatable bonds is 8. The Bertz CT molecular complexity index is 1350. The molecule has 0 bridgehead atoms. The number of aromatic nitrogens is 3. The van der Waals surface area contributed by atoms with E-state index < -0.39 is 0 Å². The maximum absolute atomic E-state index is 12.9. The number of urea groups is 1. The summed E-state index contributed by atoms with van der Waals surface area (Å²) in [6, 6.07) is 9.71. The molecule has 0 radical (unpaired) electrons. The van der Waals surface area contributed by atoms with Crippen molar-refractivity contribution in [3.8, 4) is 5.75 Å². The van der Waals surface area contributed by atoms with Gasteiger partial charge in [-0.05, 0) is 49.9 Å². The molecule has 3 fully saturated rings. The van der Waals surface area contributed by atoms with E-state index in [-0.39, 0.29) is 17.9 Å². The lowest BCUT2D eigenvalue weighted by atomic mass is 9.91. The number of pyridine rings is 1. The van der Waals surface area contributed by atoms with Crippen molar-refractivity contribution in [3.63, 3.8) is 0 Å². The highest BCUT2D eigenvalue weighted by atomic mass is 16.5. The summed E-state index contributed by atoms with van der Waals surface area (Å²) in [7, 11) is 0. The number of nitrogens with zero attached hydrogens (tertiary/aromatic N) is 6. The molecule has 3 aliphatic rings. The van der Waals surface area contributed by atoms with Crippen LogP contribution in [0, 0.1) is 0 Å². The first-order valence-electron chi connectivity index (χ1n) is 14.6. The minimum atomic E-state index is -0.104. The van der Waals surface area contributed by atoms with Crippen LogP contribution in [-0.2, 0) is 9.53 Å². The van der Waals surface area contributed by atoms with Crippen LogP contribution in [0.1, 0.15) is 43.7 Å². The average molecular weight is 560 g/mol. The molecule has 1 N–H and O–H groups in total. The van der Waals surface area contributed by atoms with Crippen LogP contribution in [0.4, 0.5) is 16.3 Å². The van der Waals surface area contributed by atoms with Crippen molar-refractivity contribution in [2.75, 3.05) is 69.3 Å². The molecule has 0 saturated carbocycles. The molecule has 41 heavy (non-hydrogen) atoms. The number of carbonyl (C=O) groups excluding carboxylic acids is 2. The molecule has 216 valence electrons. The van der Waals surface area contributed by atoms with E-state index in [9.17, 15) is 9.59 Å². The number of morpholine rings is 1. The van der Waals surface area contributed by atoms with Crippen molar-refractivity contribution in [1.82, 2.24) is 24.8 Å². The lowest BCUT2D eigenvalue weighted by Crippen LogP contribution is -2.40. The van der Waals surface area contributed by atoms with Gasteiger partial charge in [-0.3, -0.25) is 4.79 Å². The summed E-state index contributed by atoms with van der Waals surface area (Å²) in [5.41, 5.74) is 2.57. The van der Waals surface area contributed by atoms with Crippen LogP contribution in [0.3, 0.4) is 0 Å². The number of benzene rings is 1. The van der Waals surface area contributed by atoms with Gasteiger partial charge in [-0.2, -0.15) is 0 Å². The average Bonchev–Trinajstić information content (AvgIpc) is 3.44. The molecule has 3 saturated heterocycles. The second kappa shape index (κ2) is 12.7. The summed E-state index contributed by atoms with van der Waals surface area (Å²) in [6.45, 7) is 6.54. The Morgan fingerprint density at radius 1 is 1.02 bits per heavy atom. The summed E-state index contributed by atoms with van der Waals surface area (Å²) in [5, 5.41) is 4.02. The number of piperidine rings is 1. The highest BCUT2D eigenvalue weighted by molar-refractivity contribution is 5.89. The first-order chi connectivity index (χ1) is 20.1. The van der Waals surface area contributed by atoms with Crippen molar-refractivity contribution in [1.29, 1.82) is 0 Å². The largest absolute Gasteiger partial charge is 0.493 e. The van der Waals surface area contributed by atoms with Gasteiger partial charge in [0.15, 0.2) is 0 Å². The number of fused-ring (bicyclic) bond motifs is 1. The Morgan fingerprint density at radius 3 is 2.63 bits per heavy atom. The zero-order valence-corrected chi connectivity index (χ0v) is 23.3. The number of likely N-dealkylation sites (tertiary alicyclic amines) is 2. The SMILES string of the molecule is O=C1CCCN1CCCOc1ccc2c(C3CCN(C(=O)Nc4ccc(N5CCOCC5)nc4)CC3)ncnc2c1. The standard InChI is InChI=1S/C30H37N7O4/c38-28-3-1-10-36(28)11-2-16-41-24-5-6-25-26(19-24)32-21-33-29(25)22-8-12-37(13-9-22)30(39)34-23-4-7-27(31-20-23)35-14-17-40-18-15-35/h4-7,19-22H,1-3,8-18H2,(H,34,39). The van der Waals surface area contributed by atoms with Crippen molar-refractivity contribution in [2.45, 2.75) is 38.0 Å². The van der Waals surface area contributed by atoms with Crippen LogP contribution in [0.15, 0.2) is 42.9 Å². The Labute approximate surface area is 239 Å². The fourth-order valence-electron chi connectivity index (χ4n) is 5.86. The number of carbonyl (C=O) groups is 2. The van der Waals surface area contributed by atoms with Crippen molar-refractivity contribution in [3.05, 3.63) is 48.5 Å². The predicted molar refractivity (Wildman–Crippen MR) is 155 cm³/mol. The van der Waals surface area contributed by atoms with E-state index in [1.54, 1.807) is 12.5 Å². The van der Waals surface area contributed by atoms with Crippen LogP contribution in [0.2, 0.25) is 0 Å². The zero-order valence-electron chi connectivity index (χ0n) is 23.3. The van der Waals surface area contributed by atoms with Crippen LogP contribution in [0.5, 0.6) is 5.75 Å². The Hall–Kier alpha value is -3.99. The zero-order chi connectivity index (χ0) is 28.0. The fourth-order valence-corrected chi connectivity index (χ4v) is 5.86. The van der Waals surface area contributed by atoms with Gasteiger partial charge >= 0.3 is 6.03 Å². The van der Waals surface area contributed by atoms with Gasteiger partial charge in [-0.15, -0.1) is 0 Å². The van der Waals surface area contributed by atoms with Crippen LogP contribution in [0.25, 0.3) is 10.9 Å². The molecule has 0 atom stereocenters. The smallest absolute Gasteiger partial charge is 0.321 e. The van der Waals surface area contributed by atoms with E-state index in [1.165, 1.54) is 0 Å². The van der Waals surface area contributed by atoms with E-state index in [4.69, 9.17) is 9.47 Å². The number of amides is 3. The Kier molecular flexibility index (Phi) is 8.41. The predicted octanol–water partition coefficient (Wildman–Crippen LogP) is 3.66. The van der Waals surface area contributed by atoms with Crippen LogP contribution >= 0.6 is 0 Å². The molecule has 0 spiro atoms. The van der Waals surface area contributed by atoms with Gasteiger partial charge < -0.3 is 29.5 Å². The first-order valence-corrected chi connectivity index (χ1v) is 14.6. The van der Waals surface area contributed by atoms with E-state index >= 15 is 0 Å². The number of ether oxygens (including phenoxy) is 2. The van der Waals surface area contributed by atoms with Crippen molar-refractivity contribution >= 4 is 34.3 Å². The van der Waals surface area contributed by atoms with Gasteiger partial charge in [-0.25, -0.2) is 19.7 Å². The van der Waals surface area contributed by atoms with E-state index in [0.29, 0.717) is 45.0 Å². The van der Waals surface area contributed by atoms with E-state index in [1.807, 2.05) is 40.1 Å². The second-order valence-corrected chi connectivity index (χ2v) is 10.8. The molecule has 11 heteroatoms. The highest BCUT2D eigenvalue weighted by Gasteiger charge is 2.26. The second-order valence-electron chi connectivity index (χ2n) is 10.8. The van der Waals surface area contributed by atoms with Gasteiger partial charge in [0.25, 0.3) is 0 Å². The number of anilines is 2. The molecule has 0 unspecified atom stereocenters. The molecule has 3 amide bonds. The number of hydrogen-bond acceptors (Lipinski definition) is 8. The molecule has 6 rings (SSSR count). The first kappa shape index (κ1) is 27.2. The maximum atomic E-state index is 12.9. The van der Waals surface area contributed by atoms with Gasteiger partial charge in [-0.1, -0.05) is 0 Å². The van der Waals surface area contributed by atoms with Crippen LogP contribution in [-0.4, -0.2) is 95.8 Å². The summed E-state index contributed by atoms with van der Waals surface area (Å²) in [4.78, 5) is 44.3. The summed E-state index contributed by atoms with van der Waals surface area (Å²) < 4.78 is 11.4. The third kappa shape index (κ3) is 6.51. The summed E-state index contributed by atoms with van der Waals surface area (Å²) >= 11 is 0. The monoisotopic (exact) mass is 559 g/mol. The fraction of sp³-hybridized carbons (Fsp3) is 0.500. The quantitative estimate of drug-likeness (QED) is 0.416. The minimum absolute atomic E-state index is 0.104. The van der Waals surface area contributed by atoms with E-state index in [0.717, 1.165) is 80.0 Å². The molecule has 5 heterocycles. The van der Waals surface area contributed by atoms with E-state index in [2.05, 4.69) is 25.2 Å². The van der Waals surface area contributed by atoms with Crippen molar-refractivity contribution < 1.29 is 19.1 Å².